The predicted octanol–water partition coefficient (Wildman–Crippen LogP) is 7.33. The SMILES string of the molecule is C=C/C(C)=C(C)\C(=C/C)OCCCC(=O)N1CCCCc2c(-c3cn[nH]c3)cccc21.C=CC=C. The molecule has 1 N–H and O–H groups in total. The van der Waals surface area contributed by atoms with Gasteiger partial charge >= 0.3 is 0 Å². The lowest BCUT2D eigenvalue weighted by atomic mass is 9.97. The van der Waals surface area contributed by atoms with E-state index in [-0.39, 0.29) is 5.91 Å². The van der Waals surface area contributed by atoms with Crippen molar-refractivity contribution in [3.8, 4) is 11.1 Å². The van der Waals surface area contributed by atoms with Crippen LogP contribution in [0.1, 0.15) is 52.0 Å². The van der Waals surface area contributed by atoms with E-state index in [9.17, 15) is 4.79 Å². The topological polar surface area (TPSA) is 58.2 Å². The summed E-state index contributed by atoms with van der Waals surface area (Å²) in [5, 5.41) is 6.99. The van der Waals surface area contributed by atoms with E-state index >= 15 is 0 Å². The Morgan fingerprint density at radius 2 is 1.97 bits per heavy atom. The zero-order chi connectivity index (χ0) is 25.6. The molecule has 0 unspecified atom stereocenters. The molecule has 2 aromatic rings. The van der Waals surface area contributed by atoms with Crippen molar-refractivity contribution in [2.45, 2.75) is 52.9 Å². The van der Waals surface area contributed by atoms with Gasteiger partial charge in [0.15, 0.2) is 0 Å². The first kappa shape index (κ1) is 27.6. The van der Waals surface area contributed by atoms with Gasteiger partial charge in [0.2, 0.25) is 5.91 Å². The summed E-state index contributed by atoms with van der Waals surface area (Å²) in [4.78, 5) is 15.1. The highest BCUT2D eigenvalue weighted by Gasteiger charge is 2.23. The molecule has 186 valence electrons. The monoisotopic (exact) mass is 473 g/mol. The molecule has 0 spiro atoms. The number of anilines is 1. The molecule has 5 heteroatoms. The van der Waals surface area contributed by atoms with Gasteiger partial charge in [-0.2, -0.15) is 5.10 Å². The van der Waals surface area contributed by atoms with E-state index in [0.717, 1.165) is 59.5 Å². The number of benzene rings is 1. The van der Waals surface area contributed by atoms with Crippen LogP contribution in [0.25, 0.3) is 11.1 Å². The first-order valence-electron chi connectivity index (χ1n) is 12.2. The maximum atomic E-state index is 13.1. The minimum Gasteiger partial charge on any atom is -0.494 e. The number of ether oxygens (including phenoxy) is 1. The average molecular weight is 474 g/mol. The van der Waals surface area contributed by atoms with Crippen molar-refractivity contribution in [3.05, 3.63) is 97.1 Å². The van der Waals surface area contributed by atoms with Gasteiger partial charge in [-0.15, -0.1) is 0 Å². The molecule has 0 saturated carbocycles. The highest BCUT2D eigenvalue weighted by molar-refractivity contribution is 5.95. The second-order valence-electron chi connectivity index (χ2n) is 8.38. The smallest absolute Gasteiger partial charge is 0.227 e. The molecule has 35 heavy (non-hydrogen) atoms. The Kier molecular flexibility index (Phi) is 11.5. The lowest BCUT2D eigenvalue weighted by Gasteiger charge is -2.24. The number of fused-ring (bicyclic) bond motifs is 1. The molecule has 2 heterocycles. The minimum absolute atomic E-state index is 0.160. The Morgan fingerprint density at radius 3 is 2.60 bits per heavy atom. The summed E-state index contributed by atoms with van der Waals surface area (Å²) in [6, 6.07) is 6.22. The van der Waals surface area contributed by atoms with Crippen molar-refractivity contribution in [2.75, 3.05) is 18.1 Å². The van der Waals surface area contributed by atoms with E-state index in [1.54, 1.807) is 12.2 Å². The van der Waals surface area contributed by atoms with Crippen LogP contribution in [-0.2, 0) is 16.0 Å². The summed E-state index contributed by atoms with van der Waals surface area (Å²) in [5.41, 5.74) is 6.68. The second-order valence-corrected chi connectivity index (χ2v) is 8.38. The summed E-state index contributed by atoms with van der Waals surface area (Å²) in [7, 11) is 0. The van der Waals surface area contributed by atoms with Crippen LogP contribution < -0.4 is 4.90 Å². The van der Waals surface area contributed by atoms with Gasteiger partial charge < -0.3 is 9.64 Å². The summed E-state index contributed by atoms with van der Waals surface area (Å²) >= 11 is 0. The normalized spacial score (nSPS) is 13.9. The number of H-pyrrole nitrogens is 1. The van der Waals surface area contributed by atoms with Gasteiger partial charge in [0.1, 0.15) is 5.76 Å². The van der Waals surface area contributed by atoms with Crippen LogP contribution in [0.2, 0.25) is 0 Å². The molecule has 0 aliphatic carbocycles. The van der Waals surface area contributed by atoms with Crippen molar-refractivity contribution in [1.29, 1.82) is 0 Å². The number of allylic oxidation sites excluding steroid dienone is 6. The third-order valence-electron chi connectivity index (χ3n) is 6.10. The molecule has 1 aliphatic rings. The van der Waals surface area contributed by atoms with Gasteiger partial charge in [0, 0.05) is 30.4 Å². The number of carbonyl (C=O) groups is 1. The van der Waals surface area contributed by atoms with E-state index in [0.29, 0.717) is 19.4 Å². The Labute approximate surface area is 210 Å². The molecule has 1 aliphatic heterocycles. The fourth-order valence-corrected chi connectivity index (χ4v) is 4.01. The van der Waals surface area contributed by atoms with Gasteiger partial charge in [-0.25, -0.2) is 0 Å². The van der Waals surface area contributed by atoms with E-state index in [1.807, 2.05) is 56.3 Å². The van der Waals surface area contributed by atoms with Gasteiger partial charge in [-0.1, -0.05) is 50.1 Å². The number of aromatic amines is 1. The molecule has 1 aromatic heterocycles. The summed E-state index contributed by atoms with van der Waals surface area (Å²) in [6.07, 6.45) is 15.0. The van der Waals surface area contributed by atoms with Gasteiger partial charge in [-0.3, -0.25) is 9.89 Å². The van der Waals surface area contributed by atoms with Crippen molar-refractivity contribution >= 4 is 11.6 Å². The van der Waals surface area contributed by atoms with Crippen LogP contribution >= 0.6 is 0 Å². The molecule has 0 fully saturated rings. The number of hydrogen-bond donors (Lipinski definition) is 1. The highest BCUT2D eigenvalue weighted by Crippen LogP contribution is 2.35. The van der Waals surface area contributed by atoms with E-state index < -0.39 is 0 Å². The standard InChI is InChI=1S/C26H33N3O2.C4H6/c1-5-19(3)20(4)25(6-2)31-16-10-14-26(30)29-15-8-7-11-23-22(12-9-13-24(23)29)21-17-27-28-18-21;1-3-4-2/h5-6,9,12-13,17-18H,1,7-8,10-11,14-16H2,2-4H3,(H,27,28);3-4H,1-2H2/b20-19-,25-6+;. The third-order valence-corrected chi connectivity index (χ3v) is 6.10. The maximum absolute atomic E-state index is 13.1. The van der Waals surface area contributed by atoms with E-state index in [1.165, 1.54) is 5.56 Å². The highest BCUT2D eigenvalue weighted by atomic mass is 16.5. The number of hydrogen-bond acceptors (Lipinski definition) is 3. The number of nitrogens with one attached hydrogen (secondary N) is 1. The molecular formula is C30H39N3O2. The van der Waals surface area contributed by atoms with Crippen molar-refractivity contribution in [1.82, 2.24) is 10.2 Å². The first-order chi connectivity index (χ1) is 17.0. The second kappa shape index (κ2) is 14.6. The van der Waals surface area contributed by atoms with Crippen LogP contribution in [-0.4, -0.2) is 29.3 Å². The van der Waals surface area contributed by atoms with Gasteiger partial charge in [0.25, 0.3) is 0 Å². The zero-order valence-corrected chi connectivity index (χ0v) is 21.5. The third kappa shape index (κ3) is 7.71. The molecule has 5 nitrogen and oxygen atoms in total. The Hall–Kier alpha value is -3.60. The predicted molar refractivity (Wildman–Crippen MR) is 147 cm³/mol. The minimum atomic E-state index is 0.160. The molecule has 1 amide bonds. The quantitative estimate of drug-likeness (QED) is 0.236. The first-order valence-corrected chi connectivity index (χ1v) is 12.2. The molecule has 1 aromatic carbocycles. The Bertz CT molecular complexity index is 1060. The number of nitrogens with zero attached hydrogens (tertiary/aromatic N) is 2. The molecular weight excluding hydrogens is 434 g/mol. The summed E-state index contributed by atoms with van der Waals surface area (Å²) < 4.78 is 5.95. The van der Waals surface area contributed by atoms with Gasteiger partial charge in [0.05, 0.1) is 12.8 Å². The Morgan fingerprint density at radius 1 is 1.20 bits per heavy atom. The van der Waals surface area contributed by atoms with E-state index in [4.69, 9.17) is 4.74 Å². The summed E-state index contributed by atoms with van der Waals surface area (Å²) in [5.74, 6) is 1.02. The molecule has 0 radical (unpaired) electrons. The fraction of sp³-hybridized carbons (Fsp3) is 0.333. The zero-order valence-electron chi connectivity index (χ0n) is 21.5. The van der Waals surface area contributed by atoms with Crippen LogP contribution in [0, 0.1) is 0 Å². The van der Waals surface area contributed by atoms with Crippen LogP contribution in [0.4, 0.5) is 5.69 Å². The van der Waals surface area contributed by atoms with Gasteiger partial charge in [-0.05, 0) is 80.9 Å². The molecule has 0 saturated heterocycles. The average Bonchev–Trinajstić information content (AvgIpc) is 3.34. The largest absolute Gasteiger partial charge is 0.494 e. The molecule has 0 atom stereocenters. The maximum Gasteiger partial charge on any atom is 0.227 e. The van der Waals surface area contributed by atoms with E-state index in [2.05, 4.69) is 42.1 Å². The number of rotatable bonds is 9. The number of carbonyl (C=O) groups excluding carboxylic acids is 1. The Balaban J connectivity index is 0.00000100. The van der Waals surface area contributed by atoms with Crippen molar-refractivity contribution in [3.63, 3.8) is 0 Å². The fourth-order valence-electron chi connectivity index (χ4n) is 4.01. The number of aromatic nitrogens is 2. The summed E-state index contributed by atoms with van der Waals surface area (Å²) in [6.45, 7) is 17.8. The lowest BCUT2D eigenvalue weighted by molar-refractivity contribution is -0.118. The van der Waals surface area contributed by atoms with Crippen LogP contribution in [0.15, 0.2) is 91.5 Å². The van der Waals surface area contributed by atoms with Crippen LogP contribution in [0.3, 0.4) is 0 Å². The van der Waals surface area contributed by atoms with Crippen molar-refractivity contribution < 1.29 is 9.53 Å². The van der Waals surface area contributed by atoms with Crippen LogP contribution in [0.5, 0.6) is 0 Å². The van der Waals surface area contributed by atoms with Crippen molar-refractivity contribution in [2.24, 2.45) is 0 Å². The number of amides is 1. The molecule has 3 rings (SSSR count). The molecule has 0 bridgehead atoms. The lowest BCUT2D eigenvalue weighted by Crippen LogP contribution is -2.31.